The quantitative estimate of drug-likeness (QED) is 0.394. The van der Waals surface area contributed by atoms with Crippen LogP contribution in [0.15, 0.2) is 55.0 Å². The van der Waals surface area contributed by atoms with Gasteiger partial charge in [-0.25, -0.2) is 14.4 Å². The van der Waals surface area contributed by atoms with E-state index in [0.29, 0.717) is 12.3 Å². The van der Waals surface area contributed by atoms with E-state index >= 15 is 0 Å². The summed E-state index contributed by atoms with van der Waals surface area (Å²) in [4.78, 5) is 11.4. The van der Waals surface area contributed by atoms with Gasteiger partial charge in [-0.1, -0.05) is 6.07 Å². The Kier molecular flexibility index (Phi) is 5.63. The number of benzene rings is 1. The van der Waals surface area contributed by atoms with Crippen molar-refractivity contribution in [3.8, 4) is 11.3 Å². The van der Waals surface area contributed by atoms with E-state index in [1.165, 1.54) is 23.3 Å². The average molecular weight is 488 g/mol. The van der Waals surface area contributed by atoms with Gasteiger partial charge < -0.3 is 26.0 Å². The van der Waals surface area contributed by atoms with Crippen LogP contribution in [0.1, 0.15) is 25.0 Å². The molecular formula is C27H30FN7O. The number of nitrogens with one attached hydrogen (secondary N) is 2. The minimum Gasteiger partial charge on any atom is -0.373 e. The predicted octanol–water partition coefficient (Wildman–Crippen LogP) is 3.82. The maximum absolute atomic E-state index is 13.6. The maximum atomic E-state index is 13.6. The van der Waals surface area contributed by atoms with Crippen molar-refractivity contribution in [3.05, 3.63) is 71.9 Å². The number of nitrogens with two attached hydrogens (primary N) is 1. The summed E-state index contributed by atoms with van der Waals surface area (Å²) in [7, 11) is 0. The van der Waals surface area contributed by atoms with Gasteiger partial charge in [0.05, 0.1) is 36.5 Å². The molecule has 0 saturated carbocycles. The SMILES string of the molecule is CC(C)(N)[C@@H]1CN(c2ccc(Nc3ccc(-c4cnc5cc(F)ccn45)c4c3CNC4)nc2)CCO1. The van der Waals surface area contributed by atoms with E-state index in [0.717, 1.165) is 54.6 Å². The fourth-order valence-corrected chi connectivity index (χ4v) is 5.04. The standard InChI is InChI=1S/C27H30FN7O/c1-27(2,29)24-16-34(9-10-36-24)18-3-6-25(31-12-18)33-22-5-4-19(20-13-30-14-21(20)22)23-15-32-26-11-17(28)7-8-35(23)26/h3-8,11-12,15,24,30H,9-10,13-14,16,29H2,1-2H3,(H,31,33)/t24-/m0/s1. The van der Waals surface area contributed by atoms with Crippen molar-refractivity contribution in [1.82, 2.24) is 19.7 Å². The zero-order valence-electron chi connectivity index (χ0n) is 20.5. The van der Waals surface area contributed by atoms with Gasteiger partial charge in [0.15, 0.2) is 0 Å². The zero-order valence-corrected chi connectivity index (χ0v) is 20.5. The molecule has 9 heteroatoms. The van der Waals surface area contributed by atoms with E-state index in [1.807, 2.05) is 30.5 Å². The van der Waals surface area contributed by atoms with E-state index in [2.05, 4.69) is 43.7 Å². The minimum atomic E-state index is -0.395. The summed E-state index contributed by atoms with van der Waals surface area (Å²) < 4.78 is 21.4. The molecule has 5 heterocycles. The van der Waals surface area contributed by atoms with Crippen LogP contribution in [0.2, 0.25) is 0 Å². The summed E-state index contributed by atoms with van der Waals surface area (Å²) in [6.07, 6.45) is 5.41. The van der Waals surface area contributed by atoms with Gasteiger partial charge in [-0.05, 0) is 49.2 Å². The summed E-state index contributed by atoms with van der Waals surface area (Å²) in [5, 5.41) is 6.96. The molecule has 0 unspecified atom stereocenters. The summed E-state index contributed by atoms with van der Waals surface area (Å²) in [5.74, 6) is 0.496. The van der Waals surface area contributed by atoms with Crippen LogP contribution < -0.4 is 21.3 Å². The van der Waals surface area contributed by atoms with Gasteiger partial charge in [-0.2, -0.15) is 0 Å². The van der Waals surface area contributed by atoms with Crippen LogP contribution in [-0.4, -0.2) is 45.7 Å². The summed E-state index contributed by atoms with van der Waals surface area (Å²) in [6.45, 7) is 7.74. The Bertz CT molecular complexity index is 1410. The van der Waals surface area contributed by atoms with Crippen molar-refractivity contribution >= 4 is 22.8 Å². The second-order valence-corrected chi connectivity index (χ2v) is 10.1. The van der Waals surface area contributed by atoms with Crippen LogP contribution in [0.5, 0.6) is 0 Å². The molecule has 4 aromatic rings. The second-order valence-electron chi connectivity index (χ2n) is 10.1. The lowest BCUT2D eigenvalue weighted by Crippen LogP contribution is -2.56. The number of hydrogen-bond acceptors (Lipinski definition) is 7. The molecule has 2 aliphatic rings. The summed E-state index contributed by atoms with van der Waals surface area (Å²) >= 11 is 0. The fourth-order valence-electron chi connectivity index (χ4n) is 5.04. The van der Waals surface area contributed by atoms with Gasteiger partial charge in [0.2, 0.25) is 0 Å². The number of hydrogen-bond donors (Lipinski definition) is 3. The van der Waals surface area contributed by atoms with Crippen LogP contribution in [0.4, 0.5) is 21.6 Å². The first-order valence-corrected chi connectivity index (χ1v) is 12.2. The van der Waals surface area contributed by atoms with Crippen LogP contribution in [-0.2, 0) is 17.8 Å². The van der Waals surface area contributed by atoms with Crippen LogP contribution in [0, 0.1) is 5.82 Å². The van der Waals surface area contributed by atoms with Crippen molar-refractivity contribution in [2.24, 2.45) is 5.73 Å². The maximum Gasteiger partial charge on any atom is 0.140 e. The molecule has 6 rings (SSSR count). The molecule has 1 aromatic carbocycles. The lowest BCUT2D eigenvalue weighted by molar-refractivity contribution is -0.000226. The van der Waals surface area contributed by atoms with E-state index in [9.17, 15) is 4.39 Å². The molecule has 2 aliphatic heterocycles. The summed E-state index contributed by atoms with van der Waals surface area (Å²) in [6, 6.07) is 11.2. The van der Waals surface area contributed by atoms with Crippen molar-refractivity contribution in [1.29, 1.82) is 0 Å². The normalized spacial score (nSPS) is 18.0. The number of fused-ring (bicyclic) bond motifs is 2. The molecule has 1 atom stereocenters. The average Bonchev–Trinajstić information content (AvgIpc) is 3.52. The molecule has 36 heavy (non-hydrogen) atoms. The Balaban J connectivity index is 1.24. The zero-order chi connectivity index (χ0) is 24.9. The molecule has 0 spiro atoms. The van der Waals surface area contributed by atoms with Gasteiger partial charge in [0.1, 0.15) is 17.3 Å². The third kappa shape index (κ3) is 4.19. The highest BCUT2D eigenvalue weighted by Crippen LogP contribution is 2.35. The molecule has 0 bridgehead atoms. The second kappa shape index (κ2) is 8.85. The first kappa shape index (κ1) is 22.9. The predicted molar refractivity (Wildman–Crippen MR) is 139 cm³/mol. The number of pyridine rings is 2. The Hall–Kier alpha value is -3.53. The molecule has 0 amide bonds. The fraction of sp³-hybridized carbons (Fsp3) is 0.333. The Morgan fingerprint density at radius 2 is 1.97 bits per heavy atom. The van der Waals surface area contributed by atoms with Gasteiger partial charge in [-0.15, -0.1) is 0 Å². The number of morpholine rings is 1. The highest BCUT2D eigenvalue weighted by atomic mass is 19.1. The highest BCUT2D eigenvalue weighted by molar-refractivity contribution is 5.75. The highest BCUT2D eigenvalue weighted by Gasteiger charge is 2.31. The monoisotopic (exact) mass is 487 g/mol. The van der Waals surface area contributed by atoms with E-state index in [1.54, 1.807) is 12.4 Å². The largest absolute Gasteiger partial charge is 0.373 e. The molecular weight excluding hydrogens is 457 g/mol. The number of nitrogens with zero attached hydrogens (tertiary/aromatic N) is 4. The van der Waals surface area contributed by atoms with E-state index in [-0.39, 0.29) is 11.9 Å². The molecule has 8 nitrogen and oxygen atoms in total. The van der Waals surface area contributed by atoms with Crippen LogP contribution >= 0.6 is 0 Å². The first-order valence-electron chi connectivity index (χ1n) is 12.2. The minimum absolute atomic E-state index is 0.0235. The van der Waals surface area contributed by atoms with Crippen molar-refractivity contribution in [2.75, 3.05) is 29.9 Å². The number of halogens is 1. The van der Waals surface area contributed by atoms with Gasteiger partial charge in [-0.3, -0.25) is 4.40 Å². The number of anilines is 3. The number of rotatable bonds is 5. The van der Waals surface area contributed by atoms with Gasteiger partial charge in [0.25, 0.3) is 0 Å². The number of ether oxygens (including phenoxy) is 1. The molecule has 1 fully saturated rings. The molecule has 4 N–H and O–H groups in total. The lowest BCUT2D eigenvalue weighted by Gasteiger charge is -2.40. The molecule has 0 aliphatic carbocycles. The third-order valence-corrected chi connectivity index (χ3v) is 7.06. The third-order valence-electron chi connectivity index (χ3n) is 7.06. The summed E-state index contributed by atoms with van der Waals surface area (Å²) in [5.41, 5.74) is 13.0. The van der Waals surface area contributed by atoms with Crippen molar-refractivity contribution in [3.63, 3.8) is 0 Å². The first-order chi connectivity index (χ1) is 17.4. The van der Waals surface area contributed by atoms with E-state index < -0.39 is 5.54 Å². The van der Waals surface area contributed by atoms with Crippen LogP contribution in [0.3, 0.4) is 0 Å². The van der Waals surface area contributed by atoms with Crippen molar-refractivity contribution < 1.29 is 9.13 Å². The Morgan fingerprint density at radius 1 is 1.11 bits per heavy atom. The topological polar surface area (TPSA) is 92.7 Å². The molecule has 3 aromatic heterocycles. The smallest absolute Gasteiger partial charge is 0.140 e. The molecule has 0 radical (unpaired) electrons. The molecule has 1 saturated heterocycles. The van der Waals surface area contributed by atoms with Crippen molar-refractivity contribution in [2.45, 2.75) is 38.6 Å². The van der Waals surface area contributed by atoms with E-state index in [4.69, 9.17) is 10.5 Å². The Labute approximate surface area is 209 Å². The van der Waals surface area contributed by atoms with Crippen LogP contribution in [0.25, 0.3) is 16.9 Å². The van der Waals surface area contributed by atoms with Gasteiger partial charge in [0, 0.05) is 55.2 Å². The lowest BCUT2D eigenvalue weighted by atomic mass is 9.97. The number of imidazole rings is 1. The number of aromatic nitrogens is 3. The van der Waals surface area contributed by atoms with Gasteiger partial charge >= 0.3 is 0 Å². The molecule has 186 valence electrons. The Morgan fingerprint density at radius 3 is 2.78 bits per heavy atom.